The number of carbonyl (C=O) groups is 2. The standard InChI is InChI=1S/C19H17ClN2O6/c20-16-7-5-14(9-17(16)22(25)26)21-18(23)10-28-19(24)11-27-15-6-4-12-2-1-3-13(12)8-15/h4-9H,1-3,10-11H2,(H,21,23). The molecule has 1 aliphatic rings. The summed E-state index contributed by atoms with van der Waals surface area (Å²) in [6.07, 6.45) is 3.18. The monoisotopic (exact) mass is 404 g/mol. The van der Waals surface area contributed by atoms with Gasteiger partial charge in [-0.2, -0.15) is 0 Å². The molecule has 1 N–H and O–H groups in total. The Labute approximate surface area is 165 Å². The normalized spacial score (nSPS) is 12.2. The number of nitro benzene ring substituents is 1. The molecule has 0 aliphatic heterocycles. The maximum Gasteiger partial charge on any atom is 0.344 e. The van der Waals surface area contributed by atoms with Gasteiger partial charge in [-0.05, 0) is 54.7 Å². The van der Waals surface area contributed by atoms with Crippen molar-refractivity contribution >= 4 is 34.9 Å². The zero-order chi connectivity index (χ0) is 20.1. The Hall–Kier alpha value is -3.13. The Kier molecular flexibility index (Phi) is 6.10. The summed E-state index contributed by atoms with van der Waals surface area (Å²) in [6, 6.07) is 9.53. The molecule has 2 aromatic rings. The van der Waals surface area contributed by atoms with Crippen LogP contribution >= 0.6 is 11.6 Å². The number of rotatable bonds is 7. The van der Waals surface area contributed by atoms with Gasteiger partial charge in [-0.15, -0.1) is 0 Å². The van der Waals surface area contributed by atoms with Gasteiger partial charge in [0.25, 0.3) is 11.6 Å². The van der Waals surface area contributed by atoms with E-state index in [1.165, 1.54) is 23.3 Å². The molecule has 3 rings (SSSR count). The van der Waals surface area contributed by atoms with Gasteiger partial charge in [-0.25, -0.2) is 4.79 Å². The van der Waals surface area contributed by atoms with E-state index in [-0.39, 0.29) is 23.0 Å². The number of carbonyl (C=O) groups excluding carboxylic acids is 2. The first-order chi connectivity index (χ1) is 13.4. The van der Waals surface area contributed by atoms with Gasteiger partial charge in [0.1, 0.15) is 10.8 Å². The van der Waals surface area contributed by atoms with Crippen LogP contribution in [0.2, 0.25) is 5.02 Å². The molecule has 9 heteroatoms. The highest BCUT2D eigenvalue weighted by atomic mass is 35.5. The summed E-state index contributed by atoms with van der Waals surface area (Å²) < 4.78 is 10.3. The lowest BCUT2D eigenvalue weighted by Crippen LogP contribution is -2.23. The smallest absolute Gasteiger partial charge is 0.344 e. The predicted molar refractivity (Wildman–Crippen MR) is 102 cm³/mol. The second kappa shape index (κ2) is 8.71. The second-order valence-corrected chi connectivity index (χ2v) is 6.61. The van der Waals surface area contributed by atoms with Crippen molar-refractivity contribution in [3.8, 4) is 5.75 Å². The molecule has 0 atom stereocenters. The molecule has 2 aromatic carbocycles. The molecule has 0 radical (unpaired) electrons. The SMILES string of the molecule is O=C(COC(=O)COc1ccc2c(c1)CCC2)Nc1ccc(Cl)c([N+](=O)[O-])c1. The molecule has 0 bridgehead atoms. The van der Waals surface area contributed by atoms with Crippen LogP contribution < -0.4 is 10.1 Å². The van der Waals surface area contributed by atoms with Gasteiger partial charge in [0.2, 0.25) is 0 Å². The Morgan fingerprint density at radius 1 is 1.11 bits per heavy atom. The lowest BCUT2D eigenvalue weighted by atomic mass is 10.1. The summed E-state index contributed by atoms with van der Waals surface area (Å²) in [6.45, 7) is -0.860. The van der Waals surface area contributed by atoms with Gasteiger partial charge in [0.15, 0.2) is 13.2 Å². The highest BCUT2D eigenvalue weighted by Crippen LogP contribution is 2.27. The number of nitrogens with zero attached hydrogens (tertiary/aromatic N) is 1. The average Bonchev–Trinajstić information content (AvgIpc) is 3.14. The van der Waals surface area contributed by atoms with Gasteiger partial charge in [0, 0.05) is 11.8 Å². The van der Waals surface area contributed by atoms with E-state index in [4.69, 9.17) is 21.1 Å². The van der Waals surface area contributed by atoms with Gasteiger partial charge in [-0.3, -0.25) is 14.9 Å². The number of fused-ring (bicyclic) bond motifs is 1. The third kappa shape index (κ3) is 4.98. The van der Waals surface area contributed by atoms with E-state index in [1.54, 1.807) is 6.07 Å². The van der Waals surface area contributed by atoms with Crippen LogP contribution in [0.5, 0.6) is 5.75 Å². The molecular weight excluding hydrogens is 388 g/mol. The zero-order valence-corrected chi connectivity index (χ0v) is 15.5. The molecule has 0 unspecified atom stereocenters. The van der Waals surface area contributed by atoms with Crippen LogP contribution in [0.4, 0.5) is 11.4 Å². The van der Waals surface area contributed by atoms with Crippen molar-refractivity contribution in [1.29, 1.82) is 0 Å². The fourth-order valence-corrected chi connectivity index (χ4v) is 3.08. The number of aryl methyl sites for hydroxylation is 2. The number of anilines is 1. The van der Waals surface area contributed by atoms with E-state index in [1.807, 2.05) is 12.1 Å². The van der Waals surface area contributed by atoms with Crippen molar-refractivity contribution in [2.24, 2.45) is 0 Å². The summed E-state index contributed by atoms with van der Waals surface area (Å²) in [5, 5.41) is 13.2. The Balaban J connectivity index is 1.45. The number of nitro groups is 1. The maximum atomic E-state index is 11.9. The summed E-state index contributed by atoms with van der Waals surface area (Å²) in [5.41, 5.74) is 2.36. The quantitative estimate of drug-likeness (QED) is 0.431. The number of hydrogen-bond acceptors (Lipinski definition) is 6. The fourth-order valence-electron chi connectivity index (χ4n) is 2.90. The first-order valence-corrected chi connectivity index (χ1v) is 8.94. The Bertz CT molecular complexity index is 931. The Morgan fingerprint density at radius 3 is 2.68 bits per heavy atom. The number of halogens is 1. The van der Waals surface area contributed by atoms with E-state index in [0.717, 1.165) is 25.3 Å². The third-order valence-corrected chi connectivity index (χ3v) is 4.54. The van der Waals surface area contributed by atoms with Crippen molar-refractivity contribution in [2.45, 2.75) is 19.3 Å². The lowest BCUT2D eigenvalue weighted by molar-refractivity contribution is -0.384. The number of nitrogens with one attached hydrogen (secondary N) is 1. The molecule has 146 valence electrons. The molecule has 8 nitrogen and oxygen atoms in total. The molecular formula is C19H17ClN2O6. The first-order valence-electron chi connectivity index (χ1n) is 8.56. The average molecular weight is 405 g/mol. The van der Waals surface area contributed by atoms with Gasteiger partial charge < -0.3 is 14.8 Å². The van der Waals surface area contributed by atoms with Crippen LogP contribution in [-0.2, 0) is 27.2 Å². The molecule has 0 fully saturated rings. The highest BCUT2D eigenvalue weighted by Gasteiger charge is 2.15. The van der Waals surface area contributed by atoms with Crippen LogP contribution in [0.25, 0.3) is 0 Å². The number of benzene rings is 2. The van der Waals surface area contributed by atoms with Crippen LogP contribution in [0, 0.1) is 10.1 Å². The topological polar surface area (TPSA) is 108 Å². The summed E-state index contributed by atoms with van der Waals surface area (Å²) in [4.78, 5) is 33.8. The van der Waals surface area contributed by atoms with Crippen molar-refractivity contribution in [3.63, 3.8) is 0 Å². The maximum absolute atomic E-state index is 11.9. The minimum Gasteiger partial charge on any atom is -0.482 e. The second-order valence-electron chi connectivity index (χ2n) is 6.20. The fraction of sp³-hybridized carbons (Fsp3) is 0.263. The Morgan fingerprint density at radius 2 is 1.89 bits per heavy atom. The largest absolute Gasteiger partial charge is 0.482 e. The minimum absolute atomic E-state index is 0.0434. The number of ether oxygens (including phenoxy) is 2. The van der Waals surface area contributed by atoms with E-state index in [0.29, 0.717) is 5.75 Å². The van der Waals surface area contributed by atoms with E-state index < -0.39 is 23.4 Å². The highest BCUT2D eigenvalue weighted by molar-refractivity contribution is 6.32. The molecule has 28 heavy (non-hydrogen) atoms. The van der Waals surface area contributed by atoms with Gasteiger partial charge in [-0.1, -0.05) is 17.7 Å². The van der Waals surface area contributed by atoms with Crippen LogP contribution in [-0.4, -0.2) is 30.0 Å². The van der Waals surface area contributed by atoms with E-state index in [2.05, 4.69) is 5.32 Å². The lowest BCUT2D eigenvalue weighted by Gasteiger charge is -2.09. The van der Waals surface area contributed by atoms with Gasteiger partial charge in [0.05, 0.1) is 4.92 Å². The van der Waals surface area contributed by atoms with Gasteiger partial charge >= 0.3 is 5.97 Å². The van der Waals surface area contributed by atoms with Crippen LogP contribution in [0.3, 0.4) is 0 Å². The van der Waals surface area contributed by atoms with E-state index >= 15 is 0 Å². The molecule has 0 heterocycles. The number of esters is 1. The molecule has 0 saturated carbocycles. The van der Waals surface area contributed by atoms with Crippen LogP contribution in [0.15, 0.2) is 36.4 Å². The predicted octanol–water partition coefficient (Wildman–Crippen LogP) is 3.30. The van der Waals surface area contributed by atoms with Crippen molar-refractivity contribution < 1.29 is 24.0 Å². The van der Waals surface area contributed by atoms with Crippen LogP contribution in [0.1, 0.15) is 17.5 Å². The molecule has 0 spiro atoms. The molecule has 0 aromatic heterocycles. The molecule has 1 aliphatic carbocycles. The first kappa shape index (κ1) is 19.6. The van der Waals surface area contributed by atoms with Crippen molar-refractivity contribution in [1.82, 2.24) is 0 Å². The number of hydrogen-bond donors (Lipinski definition) is 1. The third-order valence-electron chi connectivity index (χ3n) is 4.22. The van der Waals surface area contributed by atoms with Crippen molar-refractivity contribution in [3.05, 3.63) is 62.7 Å². The minimum atomic E-state index is -0.697. The van der Waals surface area contributed by atoms with Crippen molar-refractivity contribution in [2.75, 3.05) is 18.5 Å². The summed E-state index contributed by atoms with van der Waals surface area (Å²) in [5.74, 6) is -0.754. The summed E-state index contributed by atoms with van der Waals surface area (Å²) in [7, 11) is 0. The molecule has 1 amide bonds. The summed E-state index contributed by atoms with van der Waals surface area (Å²) >= 11 is 5.71. The molecule has 0 saturated heterocycles. The van der Waals surface area contributed by atoms with E-state index in [9.17, 15) is 19.7 Å². The zero-order valence-electron chi connectivity index (χ0n) is 14.8. The number of amides is 1.